The van der Waals surface area contributed by atoms with E-state index >= 15 is 0 Å². The van der Waals surface area contributed by atoms with E-state index in [9.17, 15) is 13.2 Å². The molecule has 1 atom stereocenters. The summed E-state index contributed by atoms with van der Waals surface area (Å²) in [6.07, 6.45) is 0. The molecular formula is C15H12BrF3. The maximum atomic E-state index is 14.0. The summed E-state index contributed by atoms with van der Waals surface area (Å²) < 4.78 is 41.4. The van der Waals surface area contributed by atoms with Crippen LogP contribution in [-0.2, 0) is 0 Å². The first-order valence-corrected chi connectivity index (χ1v) is 6.68. The van der Waals surface area contributed by atoms with Crippen molar-refractivity contribution in [1.82, 2.24) is 0 Å². The van der Waals surface area contributed by atoms with E-state index in [4.69, 9.17) is 0 Å². The Labute approximate surface area is 118 Å². The third-order valence-corrected chi connectivity index (χ3v) is 4.03. The average molecular weight is 329 g/mol. The Bertz CT molecular complexity index is 623. The fraction of sp³-hybridized carbons (Fsp3) is 0.200. The van der Waals surface area contributed by atoms with E-state index in [0.717, 1.165) is 12.1 Å². The van der Waals surface area contributed by atoms with Crippen LogP contribution in [0.2, 0.25) is 0 Å². The van der Waals surface area contributed by atoms with Gasteiger partial charge in [-0.15, -0.1) is 0 Å². The van der Waals surface area contributed by atoms with Gasteiger partial charge in [-0.2, -0.15) is 0 Å². The quantitative estimate of drug-likeness (QED) is 0.664. The fourth-order valence-electron chi connectivity index (χ4n) is 1.89. The Morgan fingerprint density at radius 2 is 1.58 bits per heavy atom. The number of aryl methyl sites for hydroxylation is 2. The highest BCUT2D eigenvalue weighted by molar-refractivity contribution is 9.09. The van der Waals surface area contributed by atoms with Gasteiger partial charge < -0.3 is 0 Å². The highest BCUT2D eigenvalue weighted by Gasteiger charge is 2.20. The van der Waals surface area contributed by atoms with Crippen molar-refractivity contribution in [2.75, 3.05) is 0 Å². The van der Waals surface area contributed by atoms with Crippen molar-refractivity contribution in [1.29, 1.82) is 0 Å². The number of halogens is 4. The molecule has 0 aliphatic carbocycles. The van der Waals surface area contributed by atoms with Gasteiger partial charge in [-0.3, -0.25) is 0 Å². The highest BCUT2D eigenvalue weighted by atomic mass is 79.9. The van der Waals surface area contributed by atoms with Gasteiger partial charge in [0, 0.05) is 11.1 Å². The molecule has 0 heterocycles. The van der Waals surface area contributed by atoms with Gasteiger partial charge in [0.2, 0.25) is 0 Å². The molecule has 0 saturated carbocycles. The number of rotatable bonds is 2. The summed E-state index contributed by atoms with van der Waals surface area (Å²) in [5.74, 6) is -1.47. The lowest BCUT2D eigenvalue weighted by atomic mass is 10.0. The van der Waals surface area contributed by atoms with Crippen LogP contribution < -0.4 is 0 Å². The molecule has 0 spiro atoms. The Morgan fingerprint density at radius 3 is 2.26 bits per heavy atom. The third kappa shape index (κ3) is 2.68. The van der Waals surface area contributed by atoms with E-state index in [1.807, 2.05) is 0 Å². The molecule has 0 aliphatic rings. The van der Waals surface area contributed by atoms with Crippen LogP contribution in [0.25, 0.3) is 0 Å². The second kappa shape index (κ2) is 5.37. The van der Waals surface area contributed by atoms with Crippen molar-refractivity contribution in [3.63, 3.8) is 0 Å². The largest absolute Gasteiger partial charge is 0.207 e. The molecule has 2 rings (SSSR count). The first-order valence-electron chi connectivity index (χ1n) is 5.76. The van der Waals surface area contributed by atoms with Crippen molar-refractivity contribution >= 4 is 15.9 Å². The number of alkyl halides is 1. The van der Waals surface area contributed by atoms with Crippen LogP contribution in [0, 0.1) is 31.3 Å². The topological polar surface area (TPSA) is 0 Å². The molecule has 0 bridgehead atoms. The Balaban J connectivity index is 2.53. The molecule has 0 nitrogen and oxygen atoms in total. The first-order chi connectivity index (χ1) is 8.91. The lowest BCUT2D eigenvalue weighted by Crippen LogP contribution is -2.02. The number of hydrogen-bond donors (Lipinski definition) is 0. The van der Waals surface area contributed by atoms with Crippen LogP contribution in [-0.4, -0.2) is 0 Å². The summed E-state index contributed by atoms with van der Waals surface area (Å²) >= 11 is 3.24. The lowest BCUT2D eigenvalue weighted by Gasteiger charge is -2.14. The summed E-state index contributed by atoms with van der Waals surface area (Å²) in [4.78, 5) is -0.720. The van der Waals surface area contributed by atoms with E-state index in [2.05, 4.69) is 15.9 Å². The Hall–Kier alpha value is -1.29. The van der Waals surface area contributed by atoms with Crippen LogP contribution in [0.3, 0.4) is 0 Å². The Morgan fingerprint density at radius 1 is 0.895 bits per heavy atom. The maximum Gasteiger partial charge on any atom is 0.130 e. The summed E-state index contributed by atoms with van der Waals surface area (Å²) in [7, 11) is 0. The second-order valence-corrected chi connectivity index (χ2v) is 5.38. The van der Waals surface area contributed by atoms with Crippen molar-refractivity contribution in [2.24, 2.45) is 0 Å². The van der Waals surface area contributed by atoms with Gasteiger partial charge in [-0.25, -0.2) is 13.2 Å². The van der Waals surface area contributed by atoms with Gasteiger partial charge in [0.1, 0.15) is 17.5 Å². The smallest absolute Gasteiger partial charge is 0.130 e. The summed E-state index contributed by atoms with van der Waals surface area (Å²) in [5.41, 5.74) is 1.08. The lowest BCUT2D eigenvalue weighted by molar-refractivity contribution is 0.574. The zero-order chi connectivity index (χ0) is 14.2. The molecule has 0 fully saturated rings. The predicted octanol–water partition coefficient (Wildman–Crippen LogP) is 5.21. The molecule has 0 radical (unpaired) electrons. The third-order valence-electron chi connectivity index (χ3n) is 3.05. The molecule has 0 aliphatic heterocycles. The molecule has 0 N–H and O–H groups in total. The van der Waals surface area contributed by atoms with Crippen molar-refractivity contribution < 1.29 is 13.2 Å². The van der Waals surface area contributed by atoms with E-state index < -0.39 is 22.3 Å². The normalized spacial score (nSPS) is 12.5. The van der Waals surface area contributed by atoms with Gasteiger partial charge in [0.05, 0.1) is 4.83 Å². The predicted molar refractivity (Wildman–Crippen MR) is 73.0 cm³/mol. The summed E-state index contributed by atoms with van der Waals surface area (Å²) in [6.45, 7) is 3.11. The number of hydrogen-bond acceptors (Lipinski definition) is 0. The SMILES string of the molecule is Cc1cc(F)c(C(Br)c2cccc(C)c2F)cc1F. The van der Waals surface area contributed by atoms with Crippen LogP contribution in [0.1, 0.15) is 27.1 Å². The molecule has 100 valence electrons. The minimum atomic E-state index is -0.720. The van der Waals surface area contributed by atoms with Crippen molar-refractivity contribution in [2.45, 2.75) is 18.7 Å². The van der Waals surface area contributed by atoms with Crippen LogP contribution >= 0.6 is 15.9 Å². The monoisotopic (exact) mass is 328 g/mol. The van der Waals surface area contributed by atoms with Crippen LogP contribution in [0.15, 0.2) is 30.3 Å². The first kappa shape index (κ1) is 14.1. The zero-order valence-corrected chi connectivity index (χ0v) is 12.1. The van der Waals surface area contributed by atoms with Crippen LogP contribution in [0.5, 0.6) is 0 Å². The van der Waals surface area contributed by atoms with E-state index in [1.165, 1.54) is 6.92 Å². The molecule has 4 heteroatoms. The van der Waals surface area contributed by atoms with Crippen LogP contribution in [0.4, 0.5) is 13.2 Å². The maximum absolute atomic E-state index is 14.0. The second-order valence-electron chi connectivity index (χ2n) is 4.46. The van der Waals surface area contributed by atoms with Gasteiger partial charge in [-0.05, 0) is 37.1 Å². The molecule has 1 unspecified atom stereocenters. The van der Waals surface area contributed by atoms with E-state index in [0.29, 0.717) is 11.1 Å². The van der Waals surface area contributed by atoms with Gasteiger partial charge in [0.25, 0.3) is 0 Å². The van der Waals surface area contributed by atoms with Crippen molar-refractivity contribution in [3.05, 3.63) is 70.0 Å². The molecule has 2 aromatic carbocycles. The summed E-state index contributed by atoms with van der Waals surface area (Å²) in [6, 6.07) is 7.09. The minimum absolute atomic E-state index is 0.0904. The molecule has 0 saturated heterocycles. The van der Waals surface area contributed by atoms with Gasteiger partial charge >= 0.3 is 0 Å². The Kier molecular flexibility index (Phi) is 3.99. The van der Waals surface area contributed by atoms with Gasteiger partial charge in [0.15, 0.2) is 0 Å². The average Bonchev–Trinajstić information content (AvgIpc) is 2.36. The van der Waals surface area contributed by atoms with Gasteiger partial charge in [-0.1, -0.05) is 34.1 Å². The highest BCUT2D eigenvalue weighted by Crippen LogP contribution is 2.35. The zero-order valence-electron chi connectivity index (χ0n) is 10.5. The fourth-order valence-corrected chi connectivity index (χ4v) is 2.59. The molecule has 0 aromatic heterocycles. The number of benzene rings is 2. The molecular weight excluding hydrogens is 317 g/mol. The molecule has 19 heavy (non-hydrogen) atoms. The minimum Gasteiger partial charge on any atom is -0.207 e. The van der Waals surface area contributed by atoms with Crippen molar-refractivity contribution in [3.8, 4) is 0 Å². The van der Waals surface area contributed by atoms with E-state index in [-0.39, 0.29) is 11.1 Å². The standard InChI is InChI=1S/C15H12BrF3/c1-8-4-3-5-10(15(8)19)14(16)11-7-12(17)9(2)6-13(11)18/h3-7,14H,1-2H3. The molecule has 0 amide bonds. The van der Waals surface area contributed by atoms with E-state index in [1.54, 1.807) is 25.1 Å². The summed E-state index contributed by atoms with van der Waals surface area (Å²) in [5, 5.41) is 0. The molecule has 2 aromatic rings.